The maximum absolute atomic E-state index is 11.6. The Kier molecular flexibility index (Phi) is 4.98. The highest BCUT2D eigenvalue weighted by atomic mass is 16.5. The molecule has 1 amide bonds. The van der Waals surface area contributed by atoms with E-state index in [1.807, 2.05) is 6.07 Å². The smallest absolute Gasteiger partial charge is 0.225 e. The standard InChI is InChI=1S/C12H15N3O2/c1-14-7-6-11(16)15-12-9(8-13)4-3-5-10(12)17-2/h3-5,14H,6-7H2,1-2H3,(H,15,16). The number of amides is 1. The summed E-state index contributed by atoms with van der Waals surface area (Å²) < 4.78 is 5.11. The molecule has 0 spiro atoms. The first kappa shape index (κ1) is 13.0. The number of benzene rings is 1. The molecular weight excluding hydrogens is 218 g/mol. The van der Waals surface area contributed by atoms with E-state index in [9.17, 15) is 4.79 Å². The normalized spacial score (nSPS) is 9.47. The lowest BCUT2D eigenvalue weighted by molar-refractivity contribution is -0.116. The third kappa shape index (κ3) is 3.47. The van der Waals surface area contributed by atoms with Gasteiger partial charge in [-0.2, -0.15) is 5.26 Å². The van der Waals surface area contributed by atoms with E-state index in [-0.39, 0.29) is 5.91 Å². The fourth-order valence-electron chi connectivity index (χ4n) is 1.36. The molecule has 0 saturated carbocycles. The van der Waals surface area contributed by atoms with E-state index in [0.717, 1.165) is 0 Å². The van der Waals surface area contributed by atoms with Crippen molar-refractivity contribution in [2.24, 2.45) is 0 Å². The highest BCUT2D eigenvalue weighted by molar-refractivity contribution is 5.94. The van der Waals surface area contributed by atoms with Crippen LogP contribution >= 0.6 is 0 Å². The first-order chi connectivity index (χ1) is 8.22. The Bertz CT molecular complexity index is 438. The van der Waals surface area contributed by atoms with Gasteiger partial charge in [0.25, 0.3) is 0 Å². The molecule has 0 atom stereocenters. The van der Waals surface area contributed by atoms with E-state index >= 15 is 0 Å². The van der Waals surface area contributed by atoms with Crippen molar-refractivity contribution >= 4 is 11.6 Å². The third-order valence-corrected chi connectivity index (χ3v) is 2.23. The highest BCUT2D eigenvalue weighted by Crippen LogP contribution is 2.27. The fourth-order valence-corrected chi connectivity index (χ4v) is 1.36. The van der Waals surface area contributed by atoms with Crippen molar-refractivity contribution < 1.29 is 9.53 Å². The molecule has 0 bridgehead atoms. The van der Waals surface area contributed by atoms with Gasteiger partial charge in [-0.15, -0.1) is 0 Å². The van der Waals surface area contributed by atoms with Gasteiger partial charge in [0.05, 0.1) is 12.7 Å². The number of hydrogen-bond acceptors (Lipinski definition) is 4. The van der Waals surface area contributed by atoms with E-state index in [1.165, 1.54) is 7.11 Å². The number of rotatable bonds is 5. The monoisotopic (exact) mass is 233 g/mol. The van der Waals surface area contributed by atoms with Gasteiger partial charge in [0, 0.05) is 13.0 Å². The molecule has 90 valence electrons. The second-order valence-electron chi connectivity index (χ2n) is 3.40. The van der Waals surface area contributed by atoms with Gasteiger partial charge < -0.3 is 15.4 Å². The summed E-state index contributed by atoms with van der Waals surface area (Å²) in [5.41, 5.74) is 0.820. The molecule has 0 saturated heterocycles. The summed E-state index contributed by atoms with van der Waals surface area (Å²) in [6.45, 7) is 0.586. The van der Waals surface area contributed by atoms with Gasteiger partial charge in [-0.3, -0.25) is 4.79 Å². The Morgan fingerprint density at radius 2 is 2.29 bits per heavy atom. The summed E-state index contributed by atoms with van der Waals surface area (Å²) in [5.74, 6) is 0.335. The molecule has 2 N–H and O–H groups in total. The van der Waals surface area contributed by atoms with Crippen LogP contribution in [0, 0.1) is 11.3 Å². The van der Waals surface area contributed by atoms with Crippen molar-refractivity contribution in [1.82, 2.24) is 5.32 Å². The number of nitrogens with one attached hydrogen (secondary N) is 2. The van der Waals surface area contributed by atoms with Crippen molar-refractivity contribution in [3.8, 4) is 11.8 Å². The molecule has 5 heteroatoms. The average molecular weight is 233 g/mol. The van der Waals surface area contributed by atoms with E-state index in [1.54, 1.807) is 25.2 Å². The minimum Gasteiger partial charge on any atom is -0.495 e. The Hall–Kier alpha value is -2.06. The average Bonchev–Trinajstić information content (AvgIpc) is 2.36. The van der Waals surface area contributed by atoms with E-state index in [0.29, 0.717) is 30.0 Å². The zero-order valence-corrected chi connectivity index (χ0v) is 9.91. The minimum atomic E-state index is -0.152. The molecule has 0 aliphatic heterocycles. The van der Waals surface area contributed by atoms with Gasteiger partial charge in [-0.1, -0.05) is 6.07 Å². The number of hydrogen-bond donors (Lipinski definition) is 2. The van der Waals surface area contributed by atoms with Crippen LogP contribution in [0.3, 0.4) is 0 Å². The van der Waals surface area contributed by atoms with Crippen LogP contribution in [0.4, 0.5) is 5.69 Å². The first-order valence-electron chi connectivity index (χ1n) is 5.24. The predicted molar refractivity (Wildman–Crippen MR) is 64.9 cm³/mol. The van der Waals surface area contributed by atoms with Crippen molar-refractivity contribution in [3.05, 3.63) is 23.8 Å². The summed E-state index contributed by atoms with van der Waals surface area (Å²) in [6, 6.07) is 7.07. The quantitative estimate of drug-likeness (QED) is 0.799. The van der Waals surface area contributed by atoms with Crippen LogP contribution in [-0.4, -0.2) is 26.6 Å². The first-order valence-corrected chi connectivity index (χ1v) is 5.24. The fraction of sp³-hybridized carbons (Fsp3) is 0.333. The largest absolute Gasteiger partial charge is 0.495 e. The molecule has 0 aliphatic rings. The van der Waals surface area contributed by atoms with Crippen molar-refractivity contribution in [2.45, 2.75) is 6.42 Å². The van der Waals surface area contributed by atoms with Gasteiger partial charge in [-0.25, -0.2) is 0 Å². The Morgan fingerprint density at radius 1 is 1.53 bits per heavy atom. The Balaban J connectivity index is 2.88. The minimum absolute atomic E-state index is 0.152. The molecule has 5 nitrogen and oxygen atoms in total. The molecule has 1 rings (SSSR count). The van der Waals surface area contributed by atoms with Crippen LogP contribution in [0.15, 0.2) is 18.2 Å². The molecule has 1 aromatic carbocycles. The van der Waals surface area contributed by atoms with Gasteiger partial charge in [-0.05, 0) is 19.2 Å². The highest BCUT2D eigenvalue weighted by Gasteiger charge is 2.11. The molecule has 0 radical (unpaired) electrons. The number of nitrogens with zero attached hydrogens (tertiary/aromatic N) is 1. The summed E-state index contributed by atoms with van der Waals surface area (Å²) in [6.07, 6.45) is 0.347. The van der Waals surface area contributed by atoms with Gasteiger partial charge in [0.1, 0.15) is 17.5 Å². The van der Waals surface area contributed by atoms with Crippen molar-refractivity contribution in [1.29, 1.82) is 5.26 Å². The number of anilines is 1. The second kappa shape index (κ2) is 6.51. The van der Waals surface area contributed by atoms with E-state index in [4.69, 9.17) is 10.00 Å². The van der Waals surface area contributed by atoms with Crippen LogP contribution in [0.1, 0.15) is 12.0 Å². The molecule has 0 fully saturated rings. The predicted octanol–water partition coefficient (Wildman–Crippen LogP) is 1.11. The number of carbonyl (C=O) groups excluding carboxylic acids is 1. The lowest BCUT2D eigenvalue weighted by Crippen LogP contribution is -2.19. The van der Waals surface area contributed by atoms with Gasteiger partial charge in [0.2, 0.25) is 5.91 Å². The van der Waals surface area contributed by atoms with Crippen LogP contribution in [0.2, 0.25) is 0 Å². The summed E-state index contributed by atoms with van der Waals surface area (Å²) in [7, 11) is 3.27. The number of nitriles is 1. The lowest BCUT2D eigenvalue weighted by atomic mass is 10.1. The Morgan fingerprint density at radius 3 is 2.88 bits per heavy atom. The van der Waals surface area contributed by atoms with Crippen LogP contribution in [-0.2, 0) is 4.79 Å². The number of carbonyl (C=O) groups is 1. The number of methoxy groups -OCH3 is 1. The van der Waals surface area contributed by atoms with Crippen LogP contribution in [0.5, 0.6) is 5.75 Å². The van der Waals surface area contributed by atoms with Crippen LogP contribution in [0.25, 0.3) is 0 Å². The SMILES string of the molecule is CNCCC(=O)Nc1c(C#N)cccc1OC. The van der Waals surface area contributed by atoms with Gasteiger partial charge in [0.15, 0.2) is 0 Å². The van der Waals surface area contributed by atoms with Crippen LogP contribution < -0.4 is 15.4 Å². The van der Waals surface area contributed by atoms with Crippen molar-refractivity contribution in [3.63, 3.8) is 0 Å². The lowest BCUT2D eigenvalue weighted by Gasteiger charge is -2.11. The molecular formula is C12H15N3O2. The van der Waals surface area contributed by atoms with E-state index < -0.39 is 0 Å². The maximum Gasteiger partial charge on any atom is 0.225 e. The Labute approximate surface area is 100 Å². The molecule has 0 unspecified atom stereocenters. The zero-order valence-electron chi connectivity index (χ0n) is 9.91. The van der Waals surface area contributed by atoms with E-state index in [2.05, 4.69) is 10.6 Å². The molecule has 17 heavy (non-hydrogen) atoms. The molecule has 0 heterocycles. The molecule has 0 aromatic heterocycles. The van der Waals surface area contributed by atoms with Gasteiger partial charge >= 0.3 is 0 Å². The molecule has 1 aromatic rings. The molecule has 0 aliphatic carbocycles. The van der Waals surface area contributed by atoms with Crippen molar-refractivity contribution in [2.75, 3.05) is 26.0 Å². The topological polar surface area (TPSA) is 74.2 Å². The maximum atomic E-state index is 11.6. The summed E-state index contributed by atoms with van der Waals surface area (Å²) in [4.78, 5) is 11.6. The summed E-state index contributed by atoms with van der Waals surface area (Å²) >= 11 is 0. The number of ether oxygens (including phenoxy) is 1. The second-order valence-corrected chi connectivity index (χ2v) is 3.40. The zero-order chi connectivity index (χ0) is 12.7. The summed E-state index contributed by atoms with van der Waals surface area (Å²) in [5, 5.41) is 14.5. The number of para-hydroxylation sites is 1. The third-order valence-electron chi connectivity index (χ3n) is 2.23.